The minimum atomic E-state index is -0.0318. The van der Waals surface area contributed by atoms with Crippen LogP contribution in [-0.4, -0.2) is 39.4 Å². The Morgan fingerprint density at radius 3 is 3.04 bits per heavy atom. The summed E-state index contributed by atoms with van der Waals surface area (Å²) in [5.74, 6) is 0.631. The Bertz CT molecular complexity index is 800. The average molecular weight is 344 g/mol. The van der Waals surface area contributed by atoms with E-state index in [-0.39, 0.29) is 18.5 Å². The molecule has 3 aromatic heterocycles. The van der Waals surface area contributed by atoms with Crippen LogP contribution in [0.25, 0.3) is 11.2 Å². The summed E-state index contributed by atoms with van der Waals surface area (Å²) in [4.78, 5) is 30.9. The number of hydrogen-bond acceptors (Lipinski definition) is 6. The maximum absolute atomic E-state index is 12.5. The highest BCUT2D eigenvalue weighted by Crippen LogP contribution is 2.23. The number of carbonyl (C=O) groups excluding carboxylic acids is 1. The maximum Gasteiger partial charge on any atom is 0.240 e. The van der Waals surface area contributed by atoms with E-state index >= 15 is 0 Å². The fourth-order valence-corrected chi connectivity index (χ4v) is 3.45. The first kappa shape index (κ1) is 16.4. The van der Waals surface area contributed by atoms with Gasteiger partial charge in [-0.15, -0.1) is 11.3 Å². The lowest BCUT2D eigenvalue weighted by atomic mass is 10.1. The van der Waals surface area contributed by atoms with E-state index in [0.717, 1.165) is 18.4 Å². The zero-order chi connectivity index (χ0) is 16.9. The number of hydrogen-bond donors (Lipinski definition) is 2. The van der Waals surface area contributed by atoms with Crippen molar-refractivity contribution in [2.45, 2.75) is 25.8 Å². The zero-order valence-corrected chi connectivity index (χ0v) is 14.5. The lowest BCUT2D eigenvalue weighted by Gasteiger charge is -2.21. The van der Waals surface area contributed by atoms with Crippen molar-refractivity contribution in [3.8, 4) is 0 Å². The number of thiophene rings is 1. The number of nitrogens with zero attached hydrogens (tertiary/aromatic N) is 4. The quantitative estimate of drug-likeness (QED) is 0.688. The fourth-order valence-electron chi connectivity index (χ4n) is 2.64. The van der Waals surface area contributed by atoms with Gasteiger partial charge in [-0.2, -0.15) is 0 Å². The number of aromatic nitrogens is 4. The molecule has 0 spiro atoms. The zero-order valence-electron chi connectivity index (χ0n) is 13.7. The molecule has 0 saturated heterocycles. The third-order valence-corrected chi connectivity index (χ3v) is 4.73. The van der Waals surface area contributed by atoms with Gasteiger partial charge in [0, 0.05) is 11.9 Å². The second kappa shape index (κ2) is 7.39. The van der Waals surface area contributed by atoms with E-state index in [0.29, 0.717) is 11.5 Å². The van der Waals surface area contributed by atoms with Crippen molar-refractivity contribution < 1.29 is 4.79 Å². The highest BCUT2D eigenvalue weighted by molar-refractivity contribution is 7.10. The molecule has 0 aromatic carbocycles. The summed E-state index contributed by atoms with van der Waals surface area (Å²) in [7, 11) is 1.84. The van der Waals surface area contributed by atoms with Crippen LogP contribution < -0.4 is 10.2 Å². The molecule has 3 heterocycles. The molecule has 1 atom stereocenters. The summed E-state index contributed by atoms with van der Waals surface area (Å²) in [6.45, 7) is 2.34. The van der Waals surface area contributed by atoms with E-state index in [4.69, 9.17) is 0 Å². The molecule has 126 valence electrons. The number of carbonyl (C=O) groups is 1. The number of aromatic amines is 1. The lowest BCUT2D eigenvalue weighted by Crippen LogP contribution is -2.37. The van der Waals surface area contributed by atoms with Crippen LogP contribution in [0.3, 0.4) is 0 Å². The molecular weight excluding hydrogens is 324 g/mol. The minimum absolute atomic E-state index is 0.0318. The number of imidazole rings is 1. The van der Waals surface area contributed by atoms with Gasteiger partial charge in [-0.3, -0.25) is 4.79 Å². The number of nitrogens with one attached hydrogen (secondary N) is 2. The van der Waals surface area contributed by atoms with Crippen molar-refractivity contribution in [2.75, 3.05) is 18.5 Å². The summed E-state index contributed by atoms with van der Waals surface area (Å²) in [6, 6.07) is 4.14. The predicted molar refractivity (Wildman–Crippen MR) is 95.1 cm³/mol. The molecule has 3 rings (SSSR count). The molecule has 3 aromatic rings. The van der Waals surface area contributed by atoms with E-state index in [2.05, 4.69) is 38.2 Å². The van der Waals surface area contributed by atoms with Crippen molar-refractivity contribution in [1.82, 2.24) is 25.3 Å². The molecule has 0 aliphatic carbocycles. The van der Waals surface area contributed by atoms with Crippen LogP contribution in [0, 0.1) is 0 Å². The average Bonchev–Trinajstić information content (AvgIpc) is 3.25. The van der Waals surface area contributed by atoms with E-state index < -0.39 is 0 Å². The van der Waals surface area contributed by atoms with Crippen LogP contribution in [0.2, 0.25) is 0 Å². The van der Waals surface area contributed by atoms with E-state index in [1.807, 2.05) is 18.5 Å². The Hall–Kier alpha value is -2.48. The lowest BCUT2D eigenvalue weighted by molar-refractivity contribution is -0.120. The molecule has 2 N–H and O–H groups in total. The van der Waals surface area contributed by atoms with E-state index in [1.54, 1.807) is 22.6 Å². The van der Waals surface area contributed by atoms with Crippen LogP contribution in [0.4, 0.5) is 5.82 Å². The van der Waals surface area contributed by atoms with Crippen LogP contribution in [0.15, 0.2) is 30.2 Å². The Morgan fingerprint density at radius 1 is 1.42 bits per heavy atom. The molecule has 0 aliphatic heterocycles. The Balaban J connectivity index is 1.68. The first-order valence-corrected chi connectivity index (χ1v) is 8.75. The molecule has 0 saturated carbocycles. The smallest absolute Gasteiger partial charge is 0.240 e. The summed E-state index contributed by atoms with van der Waals surface area (Å²) in [5.41, 5.74) is 1.32. The summed E-state index contributed by atoms with van der Waals surface area (Å²) in [5, 5.41) is 5.16. The summed E-state index contributed by atoms with van der Waals surface area (Å²) < 4.78 is 0. The molecular formula is C16H20N6OS. The Labute approximate surface area is 144 Å². The monoisotopic (exact) mass is 344 g/mol. The molecule has 7 nitrogen and oxygen atoms in total. The van der Waals surface area contributed by atoms with Crippen molar-refractivity contribution in [3.05, 3.63) is 35.0 Å². The van der Waals surface area contributed by atoms with Crippen LogP contribution in [-0.2, 0) is 4.79 Å². The third kappa shape index (κ3) is 3.53. The maximum atomic E-state index is 12.5. The number of amides is 1. The molecule has 0 fully saturated rings. The van der Waals surface area contributed by atoms with Crippen molar-refractivity contribution in [2.24, 2.45) is 0 Å². The number of H-pyrrole nitrogens is 1. The van der Waals surface area contributed by atoms with Crippen molar-refractivity contribution in [3.63, 3.8) is 0 Å². The van der Waals surface area contributed by atoms with Gasteiger partial charge in [-0.05, 0) is 17.9 Å². The van der Waals surface area contributed by atoms with Gasteiger partial charge in [-0.1, -0.05) is 19.4 Å². The summed E-state index contributed by atoms with van der Waals surface area (Å²) in [6.07, 6.45) is 4.97. The standard InChI is InChI=1S/C16H20N6OS/c1-3-5-11(12-6-4-7-24-12)21-13(23)8-22(2)16-14-15(18-9-17-14)19-10-20-16/h4,6-7,9-11H,3,5,8H2,1-2H3,(H,21,23)(H,17,18,19,20)/t11-/m0/s1. The van der Waals surface area contributed by atoms with Crippen LogP contribution in [0.5, 0.6) is 0 Å². The molecule has 1 amide bonds. The highest BCUT2D eigenvalue weighted by atomic mass is 32.1. The number of rotatable bonds is 7. The Kier molecular flexibility index (Phi) is 5.05. The molecule has 0 aliphatic rings. The molecule has 24 heavy (non-hydrogen) atoms. The van der Waals surface area contributed by atoms with Gasteiger partial charge >= 0.3 is 0 Å². The van der Waals surface area contributed by atoms with Gasteiger partial charge in [0.1, 0.15) is 11.8 Å². The summed E-state index contributed by atoms with van der Waals surface area (Å²) >= 11 is 1.67. The normalized spacial score (nSPS) is 12.2. The van der Waals surface area contributed by atoms with Gasteiger partial charge in [0.2, 0.25) is 5.91 Å². The van der Waals surface area contributed by atoms with Gasteiger partial charge in [-0.25, -0.2) is 15.0 Å². The third-order valence-electron chi connectivity index (χ3n) is 3.74. The van der Waals surface area contributed by atoms with Gasteiger partial charge in [0.15, 0.2) is 11.5 Å². The van der Waals surface area contributed by atoms with Crippen LogP contribution >= 0.6 is 11.3 Å². The van der Waals surface area contributed by atoms with E-state index in [1.165, 1.54) is 11.2 Å². The molecule has 0 unspecified atom stereocenters. The topological polar surface area (TPSA) is 86.8 Å². The van der Waals surface area contributed by atoms with Crippen molar-refractivity contribution >= 4 is 34.2 Å². The number of fused-ring (bicyclic) bond motifs is 1. The second-order valence-electron chi connectivity index (χ2n) is 5.58. The van der Waals surface area contributed by atoms with Crippen molar-refractivity contribution in [1.29, 1.82) is 0 Å². The predicted octanol–water partition coefficient (Wildman–Crippen LogP) is 2.51. The van der Waals surface area contributed by atoms with Gasteiger partial charge < -0.3 is 15.2 Å². The second-order valence-corrected chi connectivity index (χ2v) is 6.56. The van der Waals surface area contributed by atoms with Gasteiger partial charge in [0.25, 0.3) is 0 Å². The molecule has 0 bridgehead atoms. The number of anilines is 1. The highest BCUT2D eigenvalue weighted by Gasteiger charge is 2.18. The van der Waals surface area contributed by atoms with Crippen LogP contribution in [0.1, 0.15) is 30.7 Å². The van der Waals surface area contributed by atoms with Gasteiger partial charge in [0.05, 0.1) is 18.9 Å². The molecule has 8 heteroatoms. The van der Waals surface area contributed by atoms with E-state index in [9.17, 15) is 4.79 Å². The Morgan fingerprint density at radius 2 is 2.29 bits per heavy atom. The minimum Gasteiger partial charge on any atom is -0.348 e. The number of likely N-dealkylation sites (N-methyl/N-ethyl adjacent to an activating group) is 1. The SMILES string of the molecule is CCC[C@H](NC(=O)CN(C)c1ncnc2nc[nH]c12)c1cccs1. The largest absolute Gasteiger partial charge is 0.348 e. The fraction of sp³-hybridized carbons (Fsp3) is 0.375. The first-order valence-electron chi connectivity index (χ1n) is 7.87. The first-order chi connectivity index (χ1) is 11.7. The molecule has 0 radical (unpaired) electrons.